The van der Waals surface area contributed by atoms with Gasteiger partial charge in [0.1, 0.15) is 5.76 Å². The Bertz CT molecular complexity index is 642. The minimum Gasteiger partial charge on any atom is -0.467 e. The van der Waals surface area contributed by atoms with E-state index < -0.39 is 0 Å². The minimum atomic E-state index is 0.205. The number of ether oxygens (including phenoxy) is 1. The summed E-state index contributed by atoms with van der Waals surface area (Å²) >= 11 is 11.8. The molecular formula is C17H19ClN2O2S. The molecule has 1 aliphatic rings. The Morgan fingerprint density at radius 1 is 1.30 bits per heavy atom. The van der Waals surface area contributed by atoms with Crippen LogP contribution in [0.15, 0.2) is 47.1 Å². The van der Waals surface area contributed by atoms with Crippen molar-refractivity contribution in [3.8, 4) is 0 Å². The van der Waals surface area contributed by atoms with E-state index in [1.807, 2.05) is 36.4 Å². The zero-order valence-corrected chi connectivity index (χ0v) is 14.3. The van der Waals surface area contributed by atoms with Crippen LogP contribution >= 0.6 is 23.8 Å². The van der Waals surface area contributed by atoms with Crippen molar-refractivity contribution < 1.29 is 9.15 Å². The van der Waals surface area contributed by atoms with Gasteiger partial charge in [0.05, 0.1) is 29.6 Å². The molecule has 0 spiro atoms. The zero-order chi connectivity index (χ0) is 16.1. The van der Waals surface area contributed by atoms with Crippen LogP contribution in [0.25, 0.3) is 0 Å². The summed E-state index contributed by atoms with van der Waals surface area (Å²) in [5, 5.41) is 4.48. The molecule has 0 bridgehead atoms. The van der Waals surface area contributed by atoms with Crippen LogP contribution in [0.2, 0.25) is 5.02 Å². The number of benzene rings is 1. The van der Waals surface area contributed by atoms with Gasteiger partial charge in [0.25, 0.3) is 0 Å². The Morgan fingerprint density at radius 2 is 2.17 bits per heavy atom. The average molecular weight is 351 g/mol. The van der Waals surface area contributed by atoms with Crippen LogP contribution in [0, 0.1) is 0 Å². The molecule has 0 radical (unpaired) electrons. The first kappa shape index (κ1) is 16.3. The fourth-order valence-electron chi connectivity index (χ4n) is 2.60. The molecule has 122 valence electrons. The van der Waals surface area contributed by atoms with Crippen molar-refractivity contribution in [2.24, 2.45) is 0 Å². The van der Waals surface area contributed by atoms with Crippen molar-refractivity contribution in [1.29, 1.82) is 0 Å². The summed E-state index contributed by atoms with van der Waals surface area (Å²) in [6.07, 6.45) is 4.04. The summed E-state index contributed by atoms with van der Waals surface area (Å²) in [4.78, 5) is 2.06. The Kier molecular flexibility index (Phi) is 5.54. The first-order chi connectivity index (χ1) is 11.2. The summed E-state index contributed by atoms with van der Waals surface area (Å²) in [7, 11) is 0. The molecule has 1 saturated heterocycles. The summed E-state index contributed by atoms with van der Waals surface area (Å²) in [6.45, 7) is 2.16. The molecule has 1 N–H and O–H groups in total. The number of hydrogen-bond acceptors (Lipinski definition) is 3. The normalized spacial score (nSPS) is 17.2. The summed E-state index contributed by atoms with van der Waals surface area (Å²) in [5.74, 6) is 0.867. The SMILES string of the molecule is S=C(Nc1ccccc1Cl)N(Cc1ccco1)C[C@@H]1CCCO1. The van der Waals surface area contributed by atoms with Gasteiger partial charge in [0, 0.05) is 13.2 Å². The predicted molar refractivity (Wildman–Crippen MR) is 95.8 cm³/mol. The fourth-order valence-corrected chi connectivity index (χ4v) is 3.03. The van der Waals surface area contributed by atoms with Crippen molar-refractivity contribution in [1.82, 2.24) is 4.90 Å². The van der Waals surface area contributed by atoms with Crippen LogP contribution in [0.4, 0.5) is 5.69 Å². The highest BCUT2D eigenvalue weighted by Crippen LogP contribution is 2.22. The van der Waals surface area contributed by atoms with Crippen LogP contribution in [0.1, 0.15) is 18.6 Å². The highest BCUT2D eigenvalue weighted by Gasteiger charge is 2.22. The quantitative estimate of drug-likeness (QED) is 0.813. The van der Waals surface area contributed by atoms with E-state index in [1.54, 1.807) is 6.26 Å². The zero-order valence-electron chi connectivity index (χ0n) is 12.7. The molecule has 3 rings (SSSR count). The van der Waals surface area contributed by atoms with Crippen LogP contribution in [-0.2, 0) is 11.3 Å². The van der Waals surface area contributed by atoms with E-state index in [0.717, 1.165) is 37.4 Å². The monoisotopic (exact) mass is 350 g/mol. The van der Waals surface area contributed by atoms with Gasteiger partial charge in [-0.1, -0.05) is 23.7 Å². The molecule has 0 saturated carbocycles. The minimum absolute atomic E-state index is 0.205. The van der Waals surface area contributed by atoms with E-state index in [4.69, 9.17) is 33.0 Å². The molecule has 6 heteroatoms. The number of nitrogens with one attached hydrogen (secondary N) is 1. The van der Waals surface area contributed by atoms with Gasteiger partial charge >= 0.3 is 0 Å². The molecule has 2 heterocycles. The van der Waals surface area contributed by atoms with Crippen LogP contribution in [0.5, 0.6) is 0 Å². The van der Waals surface area contributed by atoms with Crippen molar-refractivity contribution in [3.63, 3.8) is 0 Å². The lowest BCUT2D eigenvalue weighted by Gasteiger charge is -2.27. The van der Waals surface area contributed by atoms with E-state index in [9.17, 15) is 0 Å². The van der Waals surface area contributed by atoms with Gasteiger partial charge in [-0.25, -0.2) is 0 Å². The number of nitrogens with zero attached hydrogens (tertiary/aromatic N) is 1. The molecule has 1 atom stereocenters. The van der Waals surface area contributed by atoms with Crippen molar-refractivity contribution in [3.05, 3.63) is 53.4 Å². The van der Waals surface area contributed by atoms with Gasteiger partial charge in [-0.3, -0.25) is 0 Å². The van der Waals surface area contributed by atoms with Crippen LogP contribution < -0.4 is 5.32 Å². The van der Waals surface area contributed by atoms with Crippen LogP contribution in [-0.4, -0.2) is 29.3 Å². The first-order valence-electron chi connectivity index (χ1n) is 7.67. The molecule has 1 aliphatic heterocycles. The third-order valence-electron chi connectivity index (χ3n) is 3.78. The lowest BCUT2D eigenvalue weighted by molar-refractivity contribution is 0.0892. The second-order valence-corrected chi connectivity index (χ2v) is 6.30. The lowest BCUT2D eigenvalue weighted by atomic mass is 10.2. The largest absolute Gasteiger partial charge is 0.467 e. The smallest absolute Gasteiger partial charge is 0.173 e. The Hall–Kier alpha value is -1.56. The predicted octanol–water partition coefficient (Wildman–Crippen LogP) is 4.31. The van der Waals surface area contributed by atoms with Crippen molar-refractivity contribution in [2.75, 3.05) is 18.5 Å². The van der Waals surface area contributed by atoms with Gasteiger partial charge in [-0.15, -0.1) is 0 Å². The third-order valence-corrected chi connectivity index (χ3v) is 4.47. The van der Waals surface area contributed by atoms with Gasteiger partial charge < -0.3 is 19.4 Å². The maximum atomic E-state index is 6.20. The summed E-state index contributed by atoms with van der Waals surface area (Å²) in [6, 6.07) is 11.4. The molecule has 1 aromatic carbocycles. The van der Waals surface area contributed by atoms with Gasteiger partial charge in [-0.2, -0.15) is 0 Å². The average Bonchev–Trinajstić information content (AvgIpc) is 3.22. The molecule has 0 unspecified atom stereocenters. The fraction of sp³-hybridized carbons (Fsp3) is 0.353. The Labute approximate surface area is 146 Å². The van der Waals surface area contributed by atoms with E-state index in [2.05, 4.69) is 10.2 Å². The molecule has 0 amide bonds. The number of halogens is 1. The number of rotatable bonds is 5. The molecule has 1 aromatic heterocycles. The maximum absolute atomic E-state index is 6.20. The van der Waals surface area contributed by atoms with E-state index in [1.165, 1.54) is 0 Å². The highest BCUT2D eigenvalue weighted by molar-refractivity contribution is 7.80. The van der Waals surface area contributed by atoms with Gasteiger partial charge in [-0.05, 0) is 49.3 Å². The molecule has 0 aliphatic carbocycles. The van der Waals surface area contributed by atoms with Crippen LogP contribution in [0.3, 0.4) is 0 Å². The summed E-state index contributed by atoms with van der Waals surface area (Å²) < 4.78 is 11.2. The molecular weight excluding hydrogens is 332 g/mol. The van der Waals surface area contributed by atoms with E-state index in [0.29, 0.717) is 16.7 Å². The standard InChI is InChI=1S/C17H19ClN2O2S/c18-15-7-1-2-8-16(15)19-17(23)20(11-13-5-3-9-21-13)12-14-6-4-10-22-14/h1-3,5,7-9,14H,4,6,10-12H2,(H,19,23)/t14-/m0/s1. The lowest BCUT2D eigenvalue weighted by Crippen LogP contribution is -2.39. The van der Waals surface area contributed by atoms with Gasteiger partial charge in [0.15, 0.2) is 5.11 Å². The number of para-hydroxylation sites is 1. The second-order valence-electron chi connectivity index (χ2n) is 5.50. The number of furan rings is 1. The van der Waals surface area contributed by atoms with Crippen molar-refractivity contribution >= 4 is 34.6 Å². The van der Waals surface area contributed by atoms with Gasteiger partial charge in [0.2, 0.25) is 0 Å². The molecule has 2 aromatic rings. The number of anilines is 1. The second kappa shape index (κ2) is 7.81. The molecule has 23 heavy (non-hydrogen) atoms. The Balaban J connectivity index is 1.70. The summed E-state index contributed by atoms with van der Waals surface area (Å²) in [5.41, 5.74) is 0.802. The van der Waals surface area contributed by atoms with E-state index in [-0.39, 0.29) is 6.10 Å². The number of hydrogen-bond donors (Lipinski definition) is 1. The highest BCUT2D eigenvalue weighted by atomic mass is 35.5. The molecule has 4 nitrogen and oxygen atoms in total. The maximum Gasteiger partial charge on any atom is 0.173 e. The van der Waals surface area contributed by atoms with E-state index >= 15 is 0 Å². The van der Waals surface area contributed by atoms with Crippen molar-refractivity contribution in [2.45, 2.75) is 25.5 Å². The molecule has 1 fully saturated rings. The third kappa shape index (κ3) is 4.47. The topological polar surface area (TPSA) is 37.6 Å². The Morgan fingerprint density at radius 3 is 2.87 bits per heavy atom. The number of thiocarbonyl (C=S) groups is 1. The first-order valence-corrected chi connectivity index (χ1v) is 8.45.